The first kappa shape index (κ1) is 23.4. The zero-order valence-electron chi connectivity index (χ0n) is 21.1. The summed E-state index contributed by atoms with van der Waals surface area (Å²) in [5, 5.41) is 10.9. The number of nitrogens with zero attached hydrogens (tertiary/aromatic N) is 2. The van der Waals surface area contributed by atoms with E-state index < -0.39 is 0 Å². The molecule has 3 aromatic rings. The molecular formula is C30H36N5O. The zero-order valence-corrected chi connectivity index (χ0v) is 21.1. The van der Waals surface area contributed by atoms with Gasteiger partial charge in [-0.2, -0.15) is 0 Å². The third-order valence-electron chi connectivity index (χ3n) is 8.44. The lowest BCUT2D eigenvalue weighted by atomic mass is 9.49. The van der Waals surface area contributed by atoms with Gasteiger partial charge in [-0.1, -0.05) is 12.1 Å². The van der Waals surface area contributed by atoms with Gasteiger partial charge in [-0.15, -0.1) is 0 Å². The predicted molar refractivity (Wildman–Crippen MR) is 144 cm³/mol. The number of carbonyl (C=O) groups excluding carboxylic acids is 1. The number of pyridine rings is 2. The summed E-state index contributed by atoms with van der Waals surface area (Å²) in [6.45, 7) is 5.42. The first-order chi connectivity index (χ1) is 17.5. The van der Waals surface area contributed by atoms with Crippen molar-refractivity contribution >= 4 is 28.3 Å². The lowest BCUT2D eigenvalue weighted by Crippen LogP contribution is -2.47. The molecule has 1 aromatic carbocycles. The van der Waals surface area contributed by atoms with Gasteiger partial charge in [-0.05, 0) is 105 Å². The molecule has 0 spiro atoms. The van der Waals surface area contributed by atoms with Crippen molar-refractivity contribution < 1.29 is 4.79 Å². The van der Waals surface area contributed by atoms with E-state index in [1.807, 2.05) is 55.9 Å². The second-order valence-electron chi connectivity index (χ2n) is 11.4. The van der Waals surface area contributed by atoms with Gasteiger partial charge in [0.05, 0.1) is 23.4 Å². The molecule has 2 heterocycles. The van der Waals surface area contributed by atoms with Crippen LogP contribution in [0.4, 0.5) is 11.5 Å². The Balaban J connectivity index is 1.04. The standard InChI is InChI=1S/C30H36N5O/c1-20-4-2-5-24(33-20)19-31-10-11-32-28-9-8-25-26(34-28)6-3-7-27(25)35-29(36)18-30-15-21-12-22(16-30)14-23(13-21)17-30/h2-9,19,21-23,31H,10-18H2,1H3,(H,32,34)(H,35,36). The van der Waals surface area contributed by atoms with Crippen LogP contribution in [0.15, 0.2) is 48.5 Å². The largest absolute Gasteiger partial charge is 0.369 e. The molecular weight excluding hydrogens is 446 g/mol. The van der Waals surface area contributed by atoms with Crippen molar-refractivity contribution in [2.75, 3.05) is 23.7 Å². The number of anilines is 2. The van der Waals surface area contributed by atoms with Crippen LogP contribution in [0.25, 0.3) is 10.9 Å². The molecule has 6 nitrogen and oxygen atoms in total. The van der Waals surface area contributed by atoms with Crippen LogP contribution in [0.5, 0.6) is 0 Å². The Morgan fingerprint density at radius 1 is 0.944 bits per heavy atom. The minimum Gasteiger partial charge on any atom is -0.369 e. The van der Waals surface area contributed by atoms with E-state index in [9.17, 15) is 4.79 Å². The molecule has 187 valence electrons. The van der Waals surface area contributed by atoms with Crippen molar-refractivity contribution in [1.82, 2.24) is 15.3 Å². The smallest absolute Gasteiger partial charge is 0.224 e. The van der Waals surface area contributed by atoms with E-state index in [4.69, 9.17) is 4.98 Å². The third-order valence-corrected chi connectivity index (χ3v) is 8.44. The summed E-state index contributed by atoms with van der Waals surface area (Å²) in [7, 11) is 0. The van der Waals surface area contributed by atoms with E-state index >= 15 is 0 Å². The number of hydrogen-bond donors (Lipinski definition) is 3. The Morgan fingerprint density at radius 2 is 1.69 bits per heavy atom. The van der Waals surface area contributed by atoms with Crippen LogP contribution in [0.2, 0.25) is 0 Å². The molecule has 3 N–H and O–H groups in total. The van der Waals surface area contributed by atoms with Crippen molar-refractivity contribution in [3.63, 3.8) is 0 Å². The van der Waals surface area contributed by atoms with Crippen LogP contribution in [0.3, 0.4) is 0 Å². The van der Waals surface area contributed by atoms with Gasteiger partial charge in [0.1, 0.15) is 5.82 Å². The molecule has 0 unspecified atom stereocenters. The van der Waals surface area contributed by atoms with Crippen molar-refractivity contribution in [3.05, 3.63) is 66.5 Å². The molecule has 4 aliphatic rings. The van der Waals surface area contributed by atoms with Crippen molar-refractivity contribution in [1.29, 1.82) is 0 Å². The molecule has 4 bridgehead atoms. The Morgan fingerprint density at radius 3 is 2.44 bits per heavy atom. The molecule has 4 aliphatic carbocycles. The van der Waals surface area contributed by atoms with Gasteiger partial charge in [0.25, 0.3) is 0 Å². The summed E-state index contributed by atoms with van der Waals surface area (Å²) in [5.41, 5.74) is 3.93. The first-order valence-corrected chi connectivity index (χ1v) is 13.5. The van der Waals surface area contributed by atoms with Crippen LogP contribution in [0, 0.1) is 36.6 Å². The number of carbonyl (C=O) groups is 1. The van der Waals surface area contributed by atoms with Crippen molar-refractivity contribution in [2.24, 2.45) is 23.2 Å². The molecule has 36 heavy (non-hydrogen) atoms. The summed E-state index contributed by atoms with van der Waals surface area (Å²) in [6.07, 6.45) is 8.66. The fourth-order valence-electron chi connectivity index (χ4n) is 7.49. The molecule has 0 aliphatic heterocycles. The number of nitrogens with one attached hydrogen (secondary N) is 3. The third kappa shape index (κ3) is 5.10. The number of rotatable bonds is 9. The van der Waals surface area contributed by atoms with Gasteiger partial charge < -0.3 is 16.0 Å². The maximum atomic E-state index is 13.2. The average molecular weight is 483 g/mol. The SMILES string of the molecule is Cc1cccc([CH]NCCNc2ccc3c(NC(=O)CC45CC6CC(CC(C6)C4)C5)cccc3n2)n1. The molecule has 0 atom stereocenters. The fraction of sp³-hybridized carbons (Fsp3) is 0.467. The van der Waals surface area contributed by atoms with Crippen LogP contribution in [0.1, 0.15) is 56.3 Å². The molecule has 6 heteroatoms. The maximum absolute atomic E-state index is 13.2. The second kappa shape index (κ2) is 9.81. The maximum Gasteiger partial charge on any atom is 0.224 e. The quantitative estimate of drug-likeness (QED) is 0.341. The summed E-state index contributed by atoms with van der Waals surface area (Å²) in [5.74, 6) is 3.59. The Bertz CT molecular complexity index is 1220. The zero-order chi connectivity index (χ0) is 24.5. The lowest BCUT2D eigenvalue weighted by molar-refractivity contribution is -0.124. The monoisotopic (exact) mass is 482 g/mol. The Hall–Kier alpha value is -2.99. The predicted octanol–water partition coefficient (Wildman–Crippen LogP) is 5.69. The van der Waals surface area contributed by atoms with Crippen molar-refractivity contribution in [2.45, 2.75) is 51.9 Å². The number of amides is 1. The van der Waals surface area contributed by atoms with E-state index in [2.05, 4.69) is 27.0 Å². The molecule has 1 radical (unpaired) electrons. The van der Waals surface area contributed by atoms with Crippen LogP contribution < -0.4 is 16.0 Å². The highest BCUT2D eigenvalue weighted by Crippen LogP contribution is 2.61. The minimum absolute atomic E-state index is 0.164. The normalized spacial score (nSPS) is 26.3. The number of aromatic nitrogens is 2. The minimum atomic E-state index is 0.164. The van der Waals surface area contributed by atoms with Gasteiger partial charge in [0.15, 0.2) is 0 Å². The van der Waals surface area contributed by atoms with Gasteiger partial charge in [0.2, 0.25) is 5.91 Å². The highest BCUT2D eigenvalue weighted by molar-refractivity contribution is 6.01. The summed E-state index contributed by atoms with van der Waals surface area (Å²) < 4.78 is 0. The fourth-order valence-corrected chi connectivity index (χ4v) is 7.49. The van der Waals surface area contributed by atoms with Gasteiger partial charge in [-0.3, -0.25) is 9.78 Å². The number of fused-ring (bicyclic) bond motifs is 1. The summed E-state index contributed by atoms with van der Waals surface area (Å²) in [6, 6.07) is 16.0. The topological polar surface area (TPSA) is 78.9 Å². The molecule has 7 rings (SSSR count). The molecule has 4 fully saturated rings. The average Bonchev–Trinajstić information content (AvgIpc) is 2.83. The van der Waals surface area contributed by atoms with E-state index in [-0.39, 0.29) is 11.3 Å². The highest BCUT2D eigenvalue weighted by atomic mass is 16.1. The van der Waals surface area contributed by atoms with E-state index in [0.29, 0.717) is 6.42 Å². The van der Waals surface area contributed by atoms with Crippen LogP contribution in [-0.4, -0.2) is 29.0 Å². The first-order valence-electron chi connectivity index (χ1n) is 13.5. The van der Waals surface area contributed by atoms with Crippen LogP contribution >= 0.6 is 0 Å². The summed E-state index contributed by atoms with van der Waals surface area (Å²) in [4.78, 5) is 22.4. The van der Waals surface area contributed by atoms with Crippen LogP contribution in [-0.2, 0) is 4.79 Å². The van der Waals surface area contributed by atoms with E-state index in [1.165, 1.54) is 38.5 Å². The number of hydrogen-bond acceptors (Lipinski definition) is 5. The van der Waals surface area contributed by atoms with Crippen molar-refractivity contribution in [3.8, 4) is 0 Å². The van der Waals surface area contributed by atoms with Gasteiger partial charge in [0, 0.05) is 30.6 Å². The van der Waals surface area contributed by atoms with E-state index in [0.717, 1.165) is 64.6 Å². The lowest BCUT2D eigenvalue weighted by Gasteiger charge is -2.56. The number of benzene rings is 1. The molecule has 2 aromatic heterocycles. The van der Waals surface area contributed by atoms with E-state index in [1.54, 1.807) is 0 Å². The molecule has 1 amide bonds. The Labute approximate surface area is 213 Å². The highest BCUT2D eigenvalue weighted by Gasteiger charge is 2.51. The summed E-state index contributed by atoms with van der Waals surface area (Å²) >= 11 is 0. The second-order valence-corrected chi connectivity index (χ2v) is 11.4. The van der Waals surface area contributed by atoms with Gasteiger partial charge >= 0.3 is 0 Å². The molecule has 4 saturated carbocycles. The Kier molecular flexibility index (Phi) is 6.38. The number of aryl methyl sites for hydroxylation is 1. The van der Waals surface area contributed by atoms with Gasteiger partial charge in [-0.25, -0.2) is 4.98 Å². The molecule has 0 saturated heterocycles.